The molecule has 0 saturated carbocycles. The predicted molar refractivity (Wildman–Crippen MR) is 65.3 cm³/mol. The lowest BCUT2D eigenvalue weighted by Gasteiger charge is -2.22. The van der Waals surface area contributed by atoms with Crippen molar-refractivity contribution < 1.29 is 39.5 Å². The zero-order valence-electron chi connectivity index (χ0n) is 11.7. The Morgan fingerprint density at radius 3 is 1.29 bits per heavy atom. The van der Waals surface area contributed by atoms with E-state index in [1.807, 2.05) is 0 Å². The van der Waals surface area contributed by atoms with Gasteiger partial charge in [-0.25, -0.2) is 8.78 Å². The van der Waals surface area contributed by atoms with Crippen LogP contribution in [0, 0.1) is 0 Å². The largest absolute Gasteiger partial charge is 0.337 e. The van der Waals surface area contributed by atoms with Crippen LogP contribution < -0.4 is 0 Å². The fourth-order valence-corrected chi connectivity index (χ4v) is 0.415. The van der Waals surface area contributed by atoms with E-state index in [-0.39, 0.29) is 12.8 Å². The first-order valence-corrected chi connectivity index (χ1v) is 5.50. The van der Waals surface area contributed by atoms with Crippen LogP contribution >= 0.6 is 0 Å². The minimum absolute atomic E-state index is 0.208. The van der Waals surface area contributed by atoms with E-state index in [1.54, 1.807) is 0 Å². The van der Waals surface area contributed by atoms with Crippen LogP contribution in [0.4, 0.5) is 39.5 Å². The van der Waals surface area contributed by atoms with E-state index in [1.165, 1.54) is 6.92 Å². The standard InChI is InChI=1S/C5H7F5.C3H3F3.C2H5F.C2H4/c1-2-4(7,8)5(9,10)3-6;4-2-1-3(5)6;1-2-3;1-2/h2-3H2,1H3;1H,2H2;2H2,1H3;1-2H2. The van der Waals surface area contributed by atoms with E-state index >= 15 is 0 Å². The minimum Gasteiger partial charge on any atom is -0.251 e. The SMILES string of the molecule is C=C.CCC(F)(F)C(F)(F)CF.CCF.FCC=C(F)F. The molecule has 0 N–H and O–H groups in total. The lowest BCUT2D eigenvalue weighted by atomic mass is 10.1. The van der Waals surface area contributed by atoms with Gasteiger partial charge in [-0.3, -0.25) is 4.39 Å². The molecule has 0 aromatic heterocycles. The van der Waals surface area contributed by atoms with Gasteiger partial charge in [-0.05, 0) is 6.92 Å². The summed E-state index contributed by atoms with van der Waals surface area (Å²) in [6.07, 6.45) is -2.80. The van der Waals surface area contributed by atoms with E-state index in [2.05, 4.69) is 13.2 Å². The van der Waals surface area contributed by atoms with Gasteiger partial charge >= 0.3 is 11.8 Å². The van der Waals surface area contributed by atoms with E-state index < -0.39 is 37.7 Å². The van der Waals surface area contributed by atoms with Crippen molar-refractivity contribution in [3.05, 3.63) is 25.3 Å². The van der Waals surface area contributed by atoms with Gasteiger partial charge in [0.05, 0.1) is 6.67 Å². The molecule has 0 fully saturated rings. The molecule has 0 aliphatic rings. The first kappa shape index (κ1) is 28.1. The van der Waals surface area contributed by atoms with Crippen LogP contribution in [0.25, 0.3) is 0 Å². The Bertz CT molecular complexity index is 221. The summed E-state index contributed by atoms with van der Waals surface area (Å²) >= 11 is 0. The molecule has 0 rings (SSSR count). The average Bonchev–Trinajstić information content (AvgIpc) is 2.42. The van der Waals surface area contributed by atoms with Gasteiger partial charge in [0.15, 0.2) is 6.67 Å². The average molecular weight is 334 g/mol. The van der Waals surface area contributed by atoms with Crippen molar-refractivity contribution in [1.82, 2.24) is 0 Å². The summed E-state index contributed by atoms with van der Waals surface area (Å²) in [6.45, 7) is 4.69. The highest BCUT2D eigenvalue weighted by atomic mass is 19.3. The van der Waals surface area contributed by atoms with Crippen LogP contribution in [-0.4, -0.2) is 31.9 Å². The van der Waals surface area contributed by atoms with Crippen molar-refractivity contribution in [2.24, 2.45) is 0 Å². The summed E-state index contributed by atoms with van der Waals surface area (Å²) in [6, 6.07) is 0. The van der Waals surface area contributed by atoms with Gasteiger partial charge in [-0.2, -0.15) is 26.3 Å². The molecular formula is C12H19F9. The van der Waals surface area contributed by atoms with E-state index in [0.29, 0.717) is 0 Å². The van der Waals surface area contributed by atoms with Crippen LogP contribution in [-0.2, 0) is 0 Å². The second kappa shape index (κ2) is 16.9. The van der Waals surface area contributed by atoms with Gasteiger partial charge in [0, 0.05) is 12.5 Å². The van der Waals surface area contributed by atoms with Gasteiger partial charge in [-0.1, -0.05) is 6.92 Å². The number of alkyl halides is 7. The normalized spacial score (nSPS) is 9.86. The summed E-state index contributed by atoms with van der Waals surface area (Å²) in [4.78, 5) is 0. The maximum absolute atomic E-state index is 11.9. The summed E-state index contributed by atoms with van der Waals surface area (Å²) in [5, 5.41) is 0. The number of halogens is 9. The lowest BCUT2D eigenvalue weighted by molar-refractivity contribution is -0.216. The third-order valence-electron chi connectivity index (χ3n) is 1.38. The van der Waals surface area contributed by atoms with Crippen LogP contribution in [0.15, 0.2) is 25.3 Å². The zero-order chi connectivity index (χ0) is 18.1. The van der Waals surface area contributed by atoms with Gasteiger partial charge in [-0.15, -0.1) is 13.2 Å². The summed E-state index contributed by atoms with van der Waals surface area (Å²) < 4.78 is 101. The highest BCUT2D eigenvalue weighted by Crippen LogP contribution is 2.36. The third kappa shape index (κ3) is 18.9. The van der Waals surface area contributed by atoms with Gasteiger partial charge < -0.3 is 0 Å². The van der Waals surface area contributed by atoms with E-state index in [9.17, 15) is 39.5 Å². The van der Waals surface area contributed by atoms with Crippen molar-refractivity contribution in [1.29, 1.82) is 0 Å². The molecule has 0 aliphatic carbocycles. The molecule has 0 heterocycles. The second-order valence-corrected chi connectivity index (χ2v) is 2.81. The molecular weight excluding hydrogens is 315 g/mol. The summed E-state index contributed by atoms with van der Waals surface area (Å²) in [7, 11) is 0. The topological polar surface area (TPSA) is 0 Å². The monoisotopic (exact) mass is 334 g/mol. The van der Waals surface area contributed by atoms with Crippen molar-refractivity contribution >= 4 is 0 Å². The smallest absolute Gasteiger partial charge is 0.251 e. The molecule has 0 amide bonds. The van der Waals surface area contributed by atoms with Crippen molar-refractivity contribution in [2.45, 2.75) is 32.1 Å². The Morgan fingerprint density at radius 2 is 1.24 bits per heavy atom. The molecule has 9 heteroatoms. The van der Waals surface area contributed by atoms with Crippen molar-refractivity contribution in [2.75, 3.05) is 20.0 Å². The third-order valence-corrected chi connectivity index (χ3v) is 1.38. The Hall–Kier alpha value is -1.15. The minimum atomic E-state index is -4.51. The first-order chi connectivity index (χ1) is 9.56. The molecule has 0 spiro atoms. The summed E-state index contributed by atoms with van der Waals surface area (Å²) in [5.41, 5.74) is 0. The fourth-order valence-electron chi connectivity index (χ4n) is 0.415. The molecule has 0 saturated heterocycles. The zero-order valence-corrected chi connectivity index (χ0v) is 11.7. The lowest BCUT2D eigenvalue weighted by Crippen LogP contribution is -2.41. The van der Waals surface area contributed by atoms with Gasteiger partial charge in [0.1, 0.15) is 6.67 Å². The maximum Gasteiger partial charge on any atom is 0.337 e. The van der Waals surface area contributed by atoms with Crippen LogP contribution in [0.5, 0.6) is 0 Å². The van der Waals surface area contributed by atoms with Gasteiger partial charge in [0.2, 0.25) is 0 Å². The Morgan fingerprint density at radius 1 is 0.905 bits per heavy atom. The number of hydrogen-bond acceptors (Lipinski definition) is 0. The number of hydrogen-bond donors (Lipinski definition) is 0. The maximum atomic E-state index is 11.9. The molecule has 0 bridgehead atoms. The van der Waals surface area contributed by atoms with Gasteiger partial charge in [0.25, 0.3) is 6.08 Å². The number of rotatable bonds is 4. The van der Waals surface area contributed by atoms with Crippen molar-refractivity contribution in [3.8, 4) is 0 Å². The molecule has 21 heavy (non-hydrogen) atoms. The summed E-state index contributed by atoms with van der Waals surface area (Å²) in [5.74, 6) is -8.73. The van der Waals surface area contributed by atoms with Crippen molar-refractivity contribution in [3.63, 3.8) is 0 Å². The van der Waals surface area contributed by atoms with Crippen LogP contribution in [0.1, 0.15) is 20.3 Å². The fraction of sp³-hybridized carbons (Fsp3) is 0.667. The predicted octanol–water partition coefficient (Wildman–Crippen LogP) is 6.15. The quantitative estimate of drug-likeness (QED) is 0.427. The molecule has 0 aromatic carbocycles. The highest BCUT2D eigenvalue weighted by Gasteiger charge is 2.54. The Kier molecular flexibility index (Phi) is 22.6. The first-order valence-electron chi connectivity index (χ1n) is 5.50. The molecule has 0 aromatic rings. The highest BCUT2D eigenvalue weighted by molar-refractivity contribution is 4.82. The van der Waals surface area contributed by atoms with Crippen LogP contribution in [0.2, 0.25) is 0 Å². The number of allylic oxidation sites excluding steroid dienone is 1. The molecule has 0 nitrogen and oxygen atoms in total. The molecule has 0 aliphatic heterocycles. The molecule has 0 unspecified atom stereocenters. The Labute approximate surface area is 118 Å². The van der Waals surface area contributed by atoms with E-state index in [4.69, 9.17) is 0 Å². The van der Waals surface area contributed by atoms with Crippen LogP contribution in [0.3, 0.4) is 0 Å². The molecule has 130 valence electrons. The molecule has 0 atom stereocenters. The molecule has 0 radical (unpaired) electrons. The second-order valence-electron chi connectivity index (χ2n) is 2.81. The Balaban J connectivity index is -0.000000112. The van der Waals surface area contributed by atoms with E-state index in [0.717, 1.165) is 6.92 Å².